The van der Waals surface area contributed by atoms with Crippen LogP contribution in [0, 0.1) is 5.92 Å². The molecule has 2 aromatic carbocycles. The van der Waals surface area contributed by atoms with E-state index in [1.807, 2.05) is 0 Å². The van der Waals surface area contributed by atoms with Gasteiger partial charge in [-0.3, -0.25) is 0 Å². The van der Waals surface area contributed by atoms with Crippen molar-refractivity contribution >= 4 is 0 Å². The summed E-state index contributed by atoms with van der Waals surface area (Å²) < 4.78 is 5.85. The van der Waals surface area contributed by atoms with E-state index in [0.717, 1.165) is 24.7 Å². The second-order valence-electron chi connectivity index (χ2n) is 8.17. The molecule has 2 aromatic rings. The maximum Gasteiger partial charge on any atom is 0.119 e. The van der Waals surface area contributed by atoms with Crippen molar-refractivity contribution < 1.29 is 4.74 Å². The summed E-state index contributed by atoms with van der Waals surface area (Å²) in [5.74, 6) is 1.95. The largest absolute Gasteiger partial charge is 0.494 e. The molecule has 27 heavy (non-hydrogen) atoms. The van der Waals surface area contributed by atoms with E-state index in [1.54, 1.807) is 0 Å². The predicted molar refractivity (Wildman–Crippen MR) is 116 cm³/mol. The molecule has 0 aromatic heterocycles. The highest BCUT2D eigenvalue weighted by molar-refractivity contribution is 5.64. The normalized spacial score (nSPS) is 15.0. The maximum absolute atomic E-state index is 5.85. The summed E-state index contributed by atoms with van der Waals surface area (Å²) in [6.07, 6.45) is 14.8. The zero-order valence-corrected chi connectivity index (χ0v) is 17.1. The lowest BCUT2D eigenvalue weighted by Gasteiger charge is -2.21. The molecular weight excluding hydrogens is 328 g/mol. The van der Waals surface area contributed by atoms with Gasteiger partial charge in [-0.15, -0.1) is 0 Å². The Bertz CT molecular complexity index is 635. The van der Waals surface area contributed by atoms with Gasteiger partial charge in [0.1, 0.15) is 5.75 Å². The maximum atomic E-state index is 5.85. The standard InChI is InChI=1S/C26H36O/c1-2-3-4-8-21-27-26-19-17-25(18-20-26)24-15-13-23(14-16-24)12-11-22-9-6-5-7-10-22/h13-20,22H,2-12,21H2,1H3. The van der Waals surface area contributed by atoms with E-state index in [4.69, 9.17) is 4.74 Å². The van der Waals surface area contributed by atoms with E-state index < -0.39 is 0 Å². The van der Waals surface area contributed by atoms with Crippen molar-refractivity contribution in [2.24, 2.45) is 5.92 Å². The minimum absolute atomic E-state index is 0.828. The molecule has 0 amide bonds. The predicted octanol–water partition coefficient (Wildman–Crippen LogP) is 7.83. The van der Waals surface area contributed by atoms with Gasteiger partial charge in [-0.1, -0.05) is 94.7 Å². The molecule has 1 aliphatic rings. The molecule has 0 aliphatic heterocycles. The Morgan fingerprint density at radius 1 is 0.778 bits per heavy atom. The molecule has 0 atom stereocenters. The molecule has 1 fully saturated rings. The molecule has 0 spiro atoms. The van der Waals surface area contributed by atoms with Crippen molar-refractivity contribution in [1.82, 2.24) is 0 Å². The van der Waals surface area contributed by atoms with Gasteiger partial charge < -0.3 is 4.74 Å². The van der Waals surface area contributed by atoms with Gasteiger partial charge in [0.15, 0.2) is 0 Å². The Labute approximate surface area is 166 Å². The second kappa shape index (κ2) is 11.2. The molecule has 1 nitrogen and oxygen atoms in total. The molecule has 0 saturated heterocycles. The first-order valence-electron chi connectivity index (χ1n) is 11.2. The number of hydrogen-bond donors (Lipinski definition) is 0. The van der Waals surface area contributed by atoms with Crippen LogP contribution in [0.15, 0.2) is 48.5 Å². The first-order chi connectivity index (χ1) is 13.3. The van der Waals surface area contributed by atoms with E-state index in [0.29, 0.717) is 0 Å². The molecule has 1 heteroatoms. The minimum atomic E-state index is 0.828. The fourth-order valence-corrected chi connectivity index (χ4v) is 4.17. The van der Waals surface area contributed by atoms with Gasteiger partial charge in [-0.25, -0.2) is 0 Å². The van der Waals surface area contributed by atoms with Crippen LogP contribution in [0.4, 0.5) is 0 Å². The molecule has 0 radical (unpaired) electrons. The zero-order valence-electron chi connectivity index (χ0n) is 17.1. The van der Waals surface area contributed by atoms with Crippen LogP contribution in [0.3, 0.4) is 0 Å². The fraction of sp³-hybridized carbons (Fsp3) is 0.538. The summed E-state index contributed by atoms with van der Waals surface area (Å²) in [6.45, 7) is 3.07. The highest BCUT2D eigenvalue weighted by Gasteiger charge is 2.13. The van der Waals surface area contributed by atoms with Crippen LogP contribution in [0.1, 0.15) is 76.7 Å². The summed E-state index contributed by atoms with van der Waals surface area (Å²) in [4.78, 5) is 0. The van der Waals surface area contributed by atoms with Crippen molar-refractivity contribution in [3.05, 3.63) is 54.1 Å². The molecule has 3 rings (SSSR count). The van der Waals surface area contributed by atoms with Gasteiger partial charge in [0.05, 0.1) is 6.61 Å². The summed E-state index contributed by atoms with van der Waals surface area (Å²) in [5.41, 5.74) is 4.05. The Morgan fingerprint density at radius 3 is 2.11 bits per heavy atom. The lowest BCUT2D eigenvalue weighted by atomic mass is 9.85. The van der Waals surface area contributed by atoms with Gasteiger partial charge in [0, 0.05) is 0 Å². The summed E-state index contributed by atoms with van der Waals surface area (Å²) in [5, 5.41) is 0. The van der Waals surface area contributed by atoms with E-state index >= 15 is 0 Å². The number of unbranched alkanes of at least 4 members (excludes halogenated alkanes) is 3. The third-order valence-electron chi connectivity index (χ3n) is 5.97. The summed E-state index contributed by atoms with van der Waals surface area (Å²) in [6, 6.07) is 17.7. The molecule has 0 bridgehead atoms. The number of hydrogen-bond acceptors (Lipinski definition) is 1. The van der Waals surface area contributed by atoms with Crippen LogP contribution in [-0.2, 0) is 6.42 Å². The molecule has 0 N–H and O–H groups in total. The van der Waals surface area contributed by atoms with Crippen LogP contribution < -0.4 is 4.74 Å². The van der Waals surface area contributed by atoms with Crippen molar-refractivity contribution in [1.29, 1.82) is 0 Å². The summed E-state index contributed by atoms with van der Waals surface area (Å²) in [7, 11) is 0. The van der Waals surface area contributed by atoms with Gasteiger partial charge in [-0.05, 0) is 54.0 Å². The van der Waals surface area contributed by atoms with Crippen molar-refractivity contribution in [2.45, 2.75) is 77.6 Å². The lowest BCUT2D eigenvalue weighted by Crippen LogP contribution is -2.07. The second-order valence-corrected chi connectivity index (χ2v) is 8.17. The van der Waals surface area contributed by atoms with Gasteiger partial charge in [-0.2, -0.15) is 0 Å². The van der Waals surface area contributed by atoms with Gasteiger partial charge in [0.25, 0.3) is 0 Å². The van der Waals surface area contributed by atoms with Crippen molar-refractivity contribution in [3.8, 4) is 16.9 Å². The monoisotopic (exact) mass is 364 g/mol. The lowest BCUT2D eigenvalue weighted by molar-refractivity contribution is 0.305. The smallest absolute Gasteiger partial charge is 0.119 e. The van der Waals surface area contributed by atoms with E-state index in [2.05, 4.69) is 55.5 Å². The van der Waals surface area contributed by atoms with Crippen LogP contribution in [0.5, 0.6) is 5.75 Å². The van der Waals surface area contributed by atoms with Gasteiger partial charge >= 0.3 is 0 Å². The molecule has 146 valence electrons. The summed E-state index contributed by atoms with van der Waals surface area (Å²) >= 11 is 0. The number of ether oxygens (including phenoxy) is 1. The zero-order chi connectivity index (χ0) is 18.7. The first-order valence-corrected chi connectivity index (χ1v) is 11.2. The Hall–Kier alpha value is -1.76. The highest BCUT2D eigenvalue weighted by Crippen LogP contribution is 2.28. The number of benzene rings is 2. The molecule has 1 aliphatic carbocycles. The topological polar surface area (TPSA) is 9.23 Å². The van der Waals surface area contributed by atoms with Crippen molar-refractivity contribution in [3.63, 3.8) is 0 Å². The van der Waals surface area contributed by atoms with E-state index in [1.165, 1.54) is 80.9 Å². The van der Waals surface area contributed by atoms with Crippen LogP contribution in [0.2, 0.25) is 0 Å². The van der Waals surface area contributed by atoms with E-state index in [9.17, 15) is 0 Å². The van der Waals surface area contributed by atoms with Crippen LogP contribution in [-0.4, -0.2) is 6.61 Å². The van der Waals surface area contributed by atoms with Gasteiger partial charge in [0.2, 0.25) is 0 Å². The number of aryl methyl sites for hydroxylation is 1. The third-order valence-corrected chi connectivity index (χ3v) is 5.97. The average molecular weight is 365 g/mol. The Kier molecular flexibility index (Phi) is 8.27. The van der Waals surface area contributed by atoms with Crippen molar-refractivity contribution in [2.75, 3.05) is 6.61 Å². The first kappa shape index (κ1) is 20.0. The quantitative estimate of drug-likeness (QED) is 0.390. The van der Waals surface area contributed by atoms with Crippen LogP contribution in [0.25, 0.3) is 11.1 Å². The minimum Gasteiger partial charge on any atom is -0.494 e. The van der Waals surface area contributed by atoms with Crippen LogP contribution >= 0.6 is 0 Å². The molecule has 0 unspecified atom stereocenters. The fourth-order valence-electron chi connectivity index (χ4n) is 4.17. The third kappa shape index (κ3) is 6.72. The Morgan fingerprint density at radius 2 is 1.44 bits per heavy atom. The molecule has 1 saturated carbocycles. The Balaban J connectivity index is 1.46. The average Bonchev–Trinajstić information content (AvgIpc) is 2.74. The highest BCUT2D eigenvalue weighted by atomic mass is 16.5. The SMILES string of the molecule is CCCCCCOc1ccc(-c2ccc(CCC3CCCCC3)cc2)cc1. The molecular formula is C26H36O. The molecule has 0 heterocycles. The van der Waals surface area contributed by atoms with E-state index in [-0.39, 0.29) is 0 Å². The number of rotatable bonds is 10.